The van der Waals surface area contributed by atoms with Crippen molar-refractivity contribution in [3.05, 3.63) is 71.0 Å². The molecule has 1 saturated heterocycles. The zero-order valence-electron chi connectivity index (χ0n) is 23.5. The van der Waals surface area contributed by atoms with Crippen LogP contribution in [0.1, 0.15) is 62.9 Å². The number of sulfonamides is 1. The fourth-order valence-corrected chi connectivity index (χ4v) is 7.48. The molecule has 3 heterocycles. The highest BCUT2D eigenvalue weighted by molar-refractivity contribution is 7.92. The maximum absolute atomic E-state index is 15.4. The van der Waals surface area contributed by atoms with E-state index in [-0.39, 0.29) is 27.4 Å². The second-order valence-electron chi connectivity index (χ2n) is 11.4. The zero-order valence-corrected chi connectivity index (χ0v) is 25.1. The lowest BCUT2D eigenvalue weighted by Gasteiger charge is -2.35. The van der Waals surface area contributed by atoms with Crippen LogP contribution in [0.25, 0.3) is 16.8 Å². The maximum atomic E-state index is 15.4. The van der Waals surface area contributed by atoms with Gasteiger partial charge in [-0.15, -0.1) is 0 Å². The molecule has 9 nitrogen and oxygen atoms in total. The molecule has 0 spiro atoms. The smallest absolute Gasteiger partial charge is 0.263 e. The topological polar surface area (TPSA) is 124 Å². The van der Waals surface area contributed by atoms with Gasteiger partial charge in [0.25, 0.3) is 10.0 Å². The zero-order chi connectivity index (χ0) is 29.6. The number of hydrogen-bond acceptors (Lipinski definition) is 7. The number of benzene rings is 2. The highest BCUT2D eigenvalue weighted by Gasteiger charge is 2.30. The van der Waals surface area contributed by atoms with E-state index in [1.807, 2.05) is 6.20 Å². The molecule has 2 aromatic heterocycles. The van der Waals surface area contributed by atoms with Gasteiger partial charge >= 0.3 is 0 Å². The molecule has 1 aliphatic heterocycles. The number of nitrogens with zero attached hydrogens (tertiary/aromatic N) is 3. The van der Waals surface area contributed by atoms with Gasteiger partial charge < -0.3 is 15.8 Å². The number of imidazole rings is 1. The van der Waals surface area contributed by atoms with Crippen LogP contribution in [0, 0.1) is 5.82 Å². The fraction of sp³-hybridized carbons (Fsp3) is 0.400. The molecule has 12 heteroatoms. The van der Waals surface area contributed by atoms with E-state index in [0.717, 1.165) is 50.4 Å². The minimum absolute atomic E-state index is 0.0456. The van der Waals surface area contributed by atoms with Crippen molar-refractivity contribution in [1.29, 1.82) is 0 Å². The molecule has 2 fully saturated rings. The van der Waals surface area contributed by atoms with Gasteiger partial charge in [0.2, 0.25) is 0 Å². The van der Waals surface area contributed by atoms with E-state index in [0.29, 0.717) is 34.7 Å². The average molecular weight is 613 g/mol. The van der Waals surface area contributed by atoms with Crippen LogP contribution in [0.2, 0.25) is 5.02 Å². The largest absolute Gasteiger partial charge is 0.382 e. The van der Waals surface area contributed by atoms with Crippen molar-refractivity contribution >= 4 is 38.6 Å². The van der Waals surface area contributed by atoms with Crippen LogP contribution in [0.5, 0.6) is 0 Å². The van der Waals surface area contributed by atoms with Crippen molar-refractivity contribution in [1.82, 2.24) is 19.7 Å². The predicted octanol–water partition coefficient (Wildman–Crippen LogP) is 5.71. The van der Waals surface area contributed by atoms with Gasteiger partial charge in [-0.05, 0) is 49.9 Å². The van der Waals surface area contributed by atoms with Crippen molar-refractivity contribution < 1.29 is 17.5 Å². The monoisotopic (exact) mass is 612 g/mol. The van der Waals surface area contributed by atoms with E-state index >= 15 is 4.39 Å². The van der Waals surface area contributed by atoms with Gasteiger partial charge in [-0.3, -0.25) is 9.12 Å². The standard InChI is InChI=1S/C30H34ClFN6O3S/c1-17(2)30-36-27(19-9-12-24(23(32)13-19)37-42(39,40)26-6-4-3-5-22(26)31)28-29(33)34-14-25(38(28)30)18-7-10-20(11-8-18)35-21-15-41-16-21/h3-6,9,12-14,17-18,20-21,35,37H,7-8,10-11,15-16H2,1-2H3,(H2,33,34). The highest BCUT2D eigenvalue weighted by atomic mass is 35.5. The van der Waals surface area contributed by atoms with Crippen LogP contribution in [0.3, 0.4) is 0 Å². The Morgan fingerprint density at radius 2 is 1.83 bits per heavy atom. The van der Waals surface area contributed by atoms with E-state index in [1.165, 1.54) is 24.3 Å². The lowest BCUT2D eigenvalue weighted by Crippen LogP contribution is -2.51. The molecule has 222 valence electrons. The summed E-state index contributed by atoms with van der Waals surface area (Å²) in [6, 6.07) is 11.2. The molecule has 1 aliphatic carbocycles. The molecular weight excluding hydrogens is 579 g/mol. The van der Waals surface area contributed by atoms with Gasteiger partial charge in [0.05, 0.1) is 30.0 Å². The first-order chi connectivity index (χ1) is 20.1. The summed E-state index contributed by atoms with van der Waals surface area (Å²) in [5, 5.41) is 3.75. The van der Waals surface area contributed by atoms with Crippen LogP contribution in [-0.2, 0) is 14.8 Å². The molecule has 6 rings (SSSR count). The number of nitrogens with two attached hydrogens (primary N) is 1. The summed E-state index contributed by atoms with van der Waals surface area (Å²) in [6.45, 7) is 5.70. The van der Waals surface area contributed by atoms with Crippen molar-refractivity contribution in [3.8, 4) is 11.3 Å². The van der Waals surface area contributed by atoms with E-state index in [2.05, 4.69) is 33.3 Å². The molecule has 2 aliphatic rings. The van der Waals surface area contributed by atoms with Gasteiger partial charge in [-0.2, -0.15) is 0 Å². The molecule has 0 unspecified atom stereocenters. The third-order valence-electron chi connectivity index (χ3n) is 8.12. The summed E-state index contributed by atoms with van der Waals surface area (Å²) in [6.07, 6.45) is 5.98. The number of halogens is 2. The first-order valence-electron chi connectivity index (χ1n) is 14.2. The van der Waals surface area contributed by atoms with Crippen LogP contribution in [0.4, 0.5) is 15.9 Å². The van der Waals surface area contributed by atoms with Crippen LogP contribution in [-0.4, -0.2) is 48.1 Å². The second kappa shape index (κ2) is 11.4. The van der Waals surface area contributed by atoms with E-state index in [9.17, 15) is 8.42 Å². The molecule has 0 amide bonds. The van der Waals surface area contributed by atoms with Crippen molar-refractivity contribution in [3.63, 3.8) is 0 Å². The van der Waals surface area contributed by atoms with Gasteiger partial charge in [0, 0.05) is 35.3 Å². The number of rotatable bonds is 8. The molecule has 4 N–H and O–H groups in total. The van der Waals surface area contributed by atoms with Crippen molar-refractivity contribution in [2.75, 3.05) is 23.7 Å². The van der Waals surface area contributed by atoms with Gasteiger partial charge in [0.1, 0.15) is 33.6 Å². The molecule has 1 saturated carbocycles. The lowest BCUT2D eigenvalue weighted by atomic mass is 9.83. The number of ether oxygens (including phenoxy) is 1. The van der Waals surface area contributed by atoms with Gasteiger partial charge in [-0.25, -0.2) is 22.8 Å². The third-order valence-corrected chi connectivity index (χ3v) is 9.99. The Morgan fingerprint density at radius 3 is 2.48 bits per heavy atom. The highest BCUT2D eigenvalue weighted by Crippen LogP contribution is 2.39. The molecule has 0 atom stereocenters. The Morgan fingerprint density at radius 1 is 1.10 bits per heavy atom. The van der Waals surface area contributed by atoms with Crippen molar-refractivity contribution in [2.24, 2.45) is 0 Å². The average Bonchev–Trinajstić information content (AvgIpc) is 3.35. The predicted molar refractivity (Wildman–Crippen MR) is 162 cm³/mol. The van der Waals surface area contributed by atoms with E-state index in [1.54, 1.807) is 18.2 Å². The summed E-state index contributed by atoms with van der Waals surface area (Å²) < 4.78 is 50.9. The van der Waals surface area contributed by atoms with Gasteiger partial charge in [-0.1, -0.05) is 43.6 Å². The number of anilines is 2. The van der Waals surface area contributed by atoms with Crippen LogP contribution in [0.15, 0.2) is 53.6 Å². The van der Waals surface area contributed by atoms with Crippen LogP contribution >= 0.6 is 11.6 Å². The fourth-order valence-electron chi connectivity index (χ4n) is 5.89. The molecule has 2 aromatic carbocycles. The number of hydrogen-bond donors (Lipinski definition) is 3. The Balaban J connectivity index is 1.33. The third kappa shape index (κ3) is 5.46. The Hall–Kier alpha value is -3.25. The summed E-state index contributed by atoms with van der Waals surface area (Å²) in [4.78, 5) is 9.36. The second-order valence-corrected chi connectivity index (χ2v) is 13.5. The number of aromatic nitrogens is 3. The van der Waals surface area contributed by atoms with E-state index in [4.69, 9.17) is 27.1 Å². The summed E-state index contributed by atoms with van der Waals surface area (Å²) >= 11 is 6.07. The van der Waals surface area contributed by atoms with Crippen LogP contribution < -0.4 is 15.8 Å². The molecule has 4 aromatic rings. The number of fused-ring (bicyclic) bond motifs is 1. The molecule has 42 heavy (non-hydrogen) atoms. The summed E-state index contributed by atoms with van der Waals surface area (Å²) in [5.41, 5.74) is 8.91. The lowest BCUT2D eigenvalue weighted by molar-refractivity contribution is -0.0121. The minimum Gasteiger partial charge on any atom is -0.382 e. The Labute approximate surface area is 249 Å². The maximum Gasteiger partial charge on any atom is 0.263 e. The first kappa shape index (κ1) is 28.9. The number of nitrogen functional groups attached to an aromatic ring is 1. The molecular formula is C30H34ClFN6O3S. The van der Waals surface area contributed by atoms with E-state index < -0.39 is 15.8 Å². The summed E-state index contributed by atoms with van der Waals surface area (Å²) in [5.74, 6) is 0.724. The quantitative estimate of drug-likeness (QED) is 0.233. The number of nitrogens with one attached hydrogen (secondary N) is 2. The SMILES string of the molecule is CC(C)c1nc(-c2ccc(NS(=O)(=O)c3ccccc3Cl)c(F)c2)c2c(N)ncc(C3CCC(NC4COC4)CC3)n12. The first-order valence-corrected chi connectivity index (χ1v) is 16.1. The van der Waals surface area contributed by atoms with Gasteiger partial charge in [0.15, 0.2) is 0 Å². The Kier molecular flexibility index (Phi) is 7.86. The Bertz CT molecular complexity index is 1730. The minimum atomic E-state index is -4.10. The molecule has 0 radical (unpaired) electrons. The normalized spacial score (nSPS) is 19.7. The molecule has 0 bridgehead atoms. The summed E-state index contributed by atoms with van der Waals surface area (Å²) in [7, 11) is -4.10. The van der Waals surface area contributed by atoms with Crippen molar-refractivity contribution in [2.45, 2.75) is 68.3 Å².